The van der Waals surface area contributed by atoms with Gasteiger partial charge in [-0.2, -0.15) is 13.9 Å². The van der Waals surface area contributed by atoms with Crippen LogP contribution in [-0.2, 0) is 4.79 Å². The van der Waals surface area contributed by atoms with E-state index in [-0.39, 0.29) is 33.6 Å². The molecule has 1 amide bonds. The third-order valence-corrected chi connectivity index (χ3v) is 7.93. The van der Waals surface area contributed by atoms with Crippen molar-refractivity contribution in [2.75, 3.05) is 5.32 Å². The third kappa shape index (κ3) is 5.60. The van der Waals surface area contributed by atoms with Crippen LogP contribution in [0.2, 0.25) is 10.2 Å². The van der Waals surface area contributed by atoms with Crippen LogP contribution in [0.3, 0.4) is 0 Å². The normalized spacial score (nSPS) is 17.1. The first kappa shape index (κ1) is 29.6. The summed E-state index contributed by atoms with van der Waals surface area (Å²) in [6.45, 7) is -1.27. The molecule has 0 fully saturated rings. The van der Waals surface area contributed by atoms with Gasteiger partial charge < -0.3 is 9.88 Å². The molecular weight excluding hydrogens is 620 g/mol. The maximum absolute atomic E-state index is 16.0. The minimum Gasteiger partial charge on any atom is -0.323 e. The number of hydrogen-bond donors (Lipinski definition) is 1. The van der Waals surface area contributed by atoms with E-state index in [0.717, 1.165) is 12.3 Å². The Bertz CT molecular complexity index is 1940. The second-order valence-corrected chi connectivity index (χ2v) is 11.2. The quantitative estimate of drug-likeness (QED) is 0.238. The fourth-order valence-corrected chi connectivity index (χ4v) is 5.66. The Morgan fingerprint density at radius 3 is 2.61 bits per heavy atom. The fraction of sp³-hybridized carbons (Fsp3) is 0.241. The lowest BCUT2D eigenvalue weighted by Gasteiger charge is -2.23. The van der Waals surface area contributed by atoms with Gasteiger partial charge in [0.25, 0.3) is 5.56 Å². The molecule has 2 bridgehead atoms. The van der Waals surface area contributed by atoms with Crippen LogP contribution in [0.5, 0.6) is 0 Å². The number of hydrogen-bond acceptors (Lipinski definition) is 6. The van der Waals surface area contributed by atoms with Gasteiger partial charge in [-0.25, -0.2) is 13.8 Å². The van der Waals surface area contributed by atoms with Crippen molar-refractivity contribution in [3.63, 3.8) is 0 Å². The number of carbonyl (C=O) groups excluding carboxylic acids is 1. The summed E-state index contributed by atoms with van der Waals surface area (Å²) in [7, 11) is 0. The molecular formula is C29H23Cl2F3N8O2. The topological polar surface area (TPSA) is 113 Å². The van der Waals surface area contributed by atoms with Gasteiger partial charge in [0.05, 0.1) is 41.2 Å². The number of anilines is 1. The van der Waals surface area contributed by atoms with Crippen LogP contribution in [0.15, 0.2) is 66.0 Å². The van der Waals surface area contributed by atoms with Crippen LogP contribution in [-0.4, -0.2) is 40.2 Å². The van der Waals surface area contributed by atoms with Crippen LogP contribution < -0.4 is 10.9 Å². The third-order valence-electron chi connectivity index (χ3n) is 7.53. The van der Waals surface area contributed by atoms with Crippen LogP contribution in [0.4, 0.5) is 18.9 Å². The van der Waals surface area contributed by atoms with Crippen LogP contribution >= 0.6 is 23.2 Å². The molecule has 5 aromatic rings. The molecule has 15 heteroatoms. The van der Waals surface area contributed by atoms with E-state index in [2.05, 4.69) is 25.7 Å². The lowest BCUT2D eigenvalue weighted by atomic mass is 9.96. The van der Waals surface area contributed by atoms with E-state index in [0.29, 0.717) is 45.9 Å². The number of pyridine rings is 2. The molecule has 4 aromatic heterocycles. The van der Waals surface area contributed by atoms with Gasteiger partial charge in [-0.3, -0.25) is 14.6 Å². The molecule has 1 aliphatic heterocycles. The first-order valence-corrected chi connectivity index (χ1v) is 14.3. The number of amides is 1. The molecule has 10 nitrogen and oxygen atoms in total. The molecule has 226 valence electrons. The van der Waals surface area contributed by atoms with Crippen molar-refractivity contribution in [2.45, 2.75) is 38.8 Å². The lowest BCUT2D eigenvalue weighted by Crippen LogP contribution is -2.27. The zero-order chi connectivity index (χ0) is 31.1. The van der Waals surface area contributed by atoms with Gasteiger partial charge in [0.15, 0.2) is 5.15 Å². The SMILES string of the molecule is C[C@@H]1CCC[C@H](n2cc(F)c(-c3cc(Cl)ccc3-n3cc(Cl)nn3)cc2=O)c2cc(ccn2)-c2c(cnn2C(F)F)NC1=O. The minimum atomic E-state index is -2.98. The predicted molar refractivity (Wildman–Crippen MR) is 158 cm³/mol. The molecule has 6 rings (SSSR count). The maximum atomic E-state index is 16.0. The van der Waals surface area contributed by atoms with E-state index >= 15 is 4.39 Å². The average Bonchev–Trinajstić information content (AvgIpc) is 3.62. The Labute approximate surface area is 258 Å². The van der Waals surface area contributed by atoms with E-state index in [1.165, 1.54) is 40.0 Å². The van der Waals surface area contributed by atoms with E-state index in [9.17, 15) is 18.4 Å². The number of fused-ring (bicyclic) bond motifs is 4. The summed E-state index contributed by atoms with van der Waals surface area (Å²) < 4.78 is 46.9. The Hall–Kier alpha value is -4.49. The number of carbonyl (C=O) groups is 1. The van der Waals surface area contributed by atoms with Crippen LogP contribution in [0.25, 0.3) is 28.1 Å². The van der Waals surface area contributed by atoms with Crippen molar-refractivity contribution >= 4 is 34.8 Å². The monoisotopic (exact) mass is 642 g/mol. The van der Waals surface area contributed by atoms with Gasteiger partial charge >= 0.3 is 6.55 Å². The smallest absolute Gasteiger partial charge is 0.323 e. The van der Waals surface area contributed by atoms with Crippen LogP contribution in [0, 0.1) is 11.7 Å². The first-order chi connectivity index (χ1) is 21.1. The molecule has 1 N–H and O–H groups in total. The van der Waals surface area contributed by atoms with Crippen LogP contribution in [0.1, 0.15) is 44.5 Å². The summed E-state index contributed by atoms with van der Waals surface area (Å²) in [6, 6.07) is 8.12. The molecule has 0 radical (unpaired) electrons. The molecule has 1 aliphatic rings. The summed E-state index contributed by atoms with van der Waals surface area (Å²) in [5.41, 5.74) is 0.857. The van der Waals surface area contributed by atoms with Gasteiger partial charge in [-0.1, -0.05) is 41.8 Å². The van der Waals surface area contributed by atoms with Crippen molar-refractivity contribution < 1.29 is 18.0 Å². The van der Waals surface area contributed by atoms with Crippen molar-refractivity contribution in [1.29, 1.82) is 0 Å². The molecule has 0 spiro atoms. The number of aromatic nitrogens is 7. The fourth-order valence-electron chi connectivity index (χ4n) is 5.36. The van der Waals surface area contributed by atoms with E-state index in [1.807, 2.05) is 0 Å². The first-order valence-electron chi connectivity index (χ1n) is 13.5. The summed E-state index contributed by atoms with van der Waals surface area (Å²) in [5, 5.41) is 14.6. The molecule has 0 unspecified atom stereocenters. The lowest BCUT2D eigenvalue weighted by molar-refractivity contribution is -0.119. The number of halogens is 5. The second-order valence-electron chi connectivity index (χ2n) is 10.4. The zero-order valence-electron chi connectivity index (χ0n) is 23.0. The van der Waals surface area contributed by atoms with E-state index in [1.54, 1.807) is 25.1 Å². The van der Waals surface area contributed by atoms with Crippen molar-refractivity contribution in [3.8, 4) is 28.1 Å². The number of nitrogens with zero attached hydrogens (tertiary/aromatic N) is 7. The predicted octanol–water partition coefficient (Wildman–Crippen LogP) is 6.54. The number of nitrogens with one attached hydrogen (secondary N) is 1. The molecule has 0 aliphatic carbocycles. The van der Waals surface area contributed by atoms with Gasteiger partial charge in [0.1, 0.15) is 5.82 Å². The maximum Gasteiger partial charge on any atom is 0.333 e. The molecule has 1 aromatic carbocycles. The highest BCUT2D eigenvalue weighted by Gasteiger charge is 2.27. The summed E-state index contributed by atoms with van der Waals surface area (Å²) in [4.78, 5) is 31.0. The van der Waals surface area contributed by atoms with Gasteiger partial charge in [-0.05, 0) is 43.2 Å². The summed E-state index contributed by atoms with van der Waals surface area (Å²) in [6.07, 6.45) is 6.32. The number of rotatable bonds is 4. The Balaban J connectivity index is 1.48. The van der Waals surface area contributed by atoms with E-state index in [4.69, 9.17) is 23.2 Å². The van der Waals surface area contributed by atoms with E-state index < -0.39 is 29.9 Å². The van der Waals surface area contributed by atoms with Crippen molar-refractivity contribution in [1.82, 2.24) is 34.3 Å². The van der Waals surface area contributed by atoms with Gasteiger partial charge in [0.2, 0.25) is 5.91 Å². The van der Waals surface area contributed by atoms with Gasteiger partial charge in [0, 0.05) is 46.1 Å². The molecule has 5 heterocycles. The molecule has 0 saturated carbocycles. The highest BCUT2D eigenvalue weighted by molar-refractivity contribution is 6.31. The average molecular weight is 643 g/mol. The number of alkyl halides is 2. The van der Waals surface area contributed by atoms with Crippen molar-refractivity contribution in [3.05, 3.63) is 93.2 Å². The standard InChI is InChI=1S/C29H23Cl2F3N8O2/c1-15-3-2-4-24(21-9-16(7-8-35-21)27-22(37-28(15)44)12-36-42(27)29(33)34)40-13-20(32)18(11-26(40)43)19-10-17(30)5-6-23(19)41-14-25(31)38-39-41/h5-15,24,29H,2-4H2,1H3,(H,37,44)/t15-,24+/m1/s1. The highest BCUT2D eigenvalue weighted by Crippen LogP contribution is 2.36. The van der Waals surface area contributed by atoms with Gasteiger partial charge in [-0.15, -0.1) is 5.10 Å². The minimum absolute atomic E-state index is 0.0147. The highest BCUT2D eigenvalue weighted by atomic mass is 35.5. The largest absolute Gasteiger partial charge is 0.333 e. The Morgan fingerprint density at radius 1 is 1.05 bits per heavy atom. The Kier molecular flexibility index (Phi) is 7.99. The zero-order valence-corrected chi connectivity index (χ0v) is 24.5. The molecule has 2 atom stereocenters. The molecule has 0 saturated heterocycles. The second kappa shape index (κ2) is 11.9. The molecule has 44 heavy (non-hydrogen) atoms. The number of benzene rings is 1. The summed E-state index contributed by atoms with van der Waals surface area (Å²) in [5.74, 6) is -1.57. The summed E-state index contributed by atoms with van der Waals surface area (Å²) >= 11 is 12.2. The van der Waals surface area contributed by atoms with Crippen molar-refractivity contribution in [2.24, 2.45) is 5.92 Å². The Morgan fingerprint density at radius 2 is 1.86 bits per heavy atom.